The first kappa shape index (κ1) is 26.1. The van der Waals surface area contributed by atoms with Crippen molar-refractivity contribution in [2.24, 2.45) is 0 Å². The van der Waals surface area contributed by atoms with Crippen molar-refractivity contribution >= 4 is 55.7 Å². The van der Waals surface area contributed by atoms with Crippen LogP contribution in [0.1, 0.15) is 20.8 Å². The third-order valence-corrected chi connectivity index (χ3v) is 9.44. The molecule has 0 bridgehead atoms. The SMILES string of the molecule is [CH2+]C1(C)OB(c2ccc3c(-c4ccc5ccccc5c4)c4ccccc4c(-c4ccc5ccccc5c4)c3c2)OC1(C)C. The van der Waals surface area contributed by atoms with Gasteiger partial charge >= 0.3 is 7.12 Å². The van der Waals surface area contributed by atoms with E-state index < -0.39 is 18.3 Å². The molecule has 0 N–H and O–H groups in total. The van der Waals surface area contributed by atoms with E-state index in [0.29, 0.717) is 0 Å². The van der Waals surface area contributed by atoms with Crippen LogP contribution in [0.3, 0.4) is 0 Å². The number of rotatable bonds is 3. The van der Waals surface area contributed by atoms with E-state index in [4.69, 9.17) is 9.31 Å². The van der Waals surface area contributed by atoms with Gasteiger partial charge in [0.25, 0.3) is 0 Å². The molecule has 1 fully saturated rings. The van der Waals surface area contributed by atoms with Crippen molar-refractivity contribution in [3.05, 3.63) is 134 Å². The highest BCUT2D eigenvalue weighted by molar-refractivity contribution is 6.62. The zero-order chi connectivity index (χ0) is 29.3. The Kier molecular flexibility index (Phi) is 5.75. The molecule has 206 valence electrons. The van der Waals surface area contributed by atoms with Gasteiger partial charge in [0.15, 0.2) is 0 Å². The lowest BCUT2D eigenvalue weighted by Crippen LogP contribution is -2.42. The maximum atomic E-state index is 6.47. The lowest BCUT2D eigenvalue weighted by Gasteiger charge is -2.25. The predicted molar refractivity (Wildman–Crippen MR) is 183 cm³/mol. The molecule has 0 radical (unpaired) electrons. The third-order valence-electron chi connectivity index (χ3n) is 9.44. The molecule has 1 heterocycles. The molecule has 7 aromatic carbocycles. The smallest absolute Gasteiger partial charge is 0.395 e. The molecule has 43 heavy (non-hydrogen) atoms. The van der Waals surface area contributed by atoms with Gasteiger partial charge in [-0.15, -0.1) is 0 Å². The Labute approximate surface area is 253 Å². The summed E-state index contributed by atoms with van der Waals surface area (Å²) in [6.45, 7) is 10.4. The van der Waals surface area contributed by atoms with Crippen molar-refractivity contribution in [3.8, 4) is 22.3 Å². The Bertz CT molecular complexity index is 2200. The highest BCUT2D eigenvalue weighted by atomic mass is 16.7. The van der Waals surface area contributed by atoms with Gasteiger partial charge in [0.05, 0.1) is 6.92 Å². The zero-order valence-corrected chi connectivity index (χ0v) is 24.7. The first-order valence-corrected chi connectivity index (χ1v) is 15.0. The average molecular weight is 556 g/mol. The van der Waals surface area contributed by atoms with E-state index in [9.17, 15) is 0 Å². The fourth-order valence-corrected chi connectivity index (χ4v) is 6.58. The molecule has 0 spiro atoms. The molecule has 0 aliphatic carbocycles. The molecule has 1 unspecified atom stereocenters. The van der Waals surface area contributed by atoms with Gasteiger partial charge in [0.1, 0.15) is 5.60 Å². The summed E-state index contributed by atoms with van der Waals surface area (Å²) < 4.78 is 12.9. The highest BCUT2D eigenvalue weighted by Gasteiger charge is 2.57. The largest absolute Gasteiger partial charge is 0.498 e. The first-order chi connectivity index (χ1) is 20.8. The molecule has 7 aromatic rings. The van der Waals surface area contributed by atoms with Gasteiger partial charge in [-0.2, -0.15) is 0 Å². The van der Waals surface area contributed by atoms with Gasteiger partial charge in [-0.3, -0.25) is 0 Å². The van der Waals surface area contributed by atoms with Crippen molar-refractivity contribution in [1.82, 2.24) is 0 Å². The number of benzene rings is 7. The van der Waals surface area contributed by atoms with Crippen LogP contribution in [0.25, 0.3) is 65.3 Å². The van der Waals surface area contributed by atoms with Gasteiger partial charge in [-0.05, 0) is 96.8 Å². The van der Waals surface area contributed by atoms with Gasteiger partial charge in [0, 0.05) is 6.92 Å². The van der Waals surface area contributed by atoms with Crippen LogP contribution < -0.4 is 5.46 Å². The van der Waals surface area contributed by atoms with Crippen molar-refractivity contribution in [1.29, 1.82) is 0 Å². The fraction of sp³-hybridized carbons (Fsp3) is 0.125. The molecule has 3 heteroatoms. The monoisotopic (exact) mass is 555 g/mol. The fourth-order valence-electron chi connectivity index (χ4n) is 6.58. The number of hydrogen-bond donors (Lipinski definition) is 0. The summed E-state index contributed by atoms with van der Waals surface area (Å²) in [7, 11) is -0.498. The third kappa shape index (κ3) is 4.15. The van der Waals surface area contributed by atoms with Crippen LogP contribution in [0.2, 0.25) is 0 Å². The van der Waals surface area contributed by atoms with E-state index in [-0.39, 0.29) is 0 Å². The standard InChI is InChI=1S/C40H32BO2/c1-39(2)40(3,4)43-41(42-39)32-21-22-35-36(25-32)38(31-20-18-27-12-6-8-14-29(27)24-31)34-16-10-9-15-33(34)37(35)30-19-17-26-11-5-7-13-28(26)23-30/h5-25H,1H2,2-4H3/q+1. The quantitative estimate of drug-likeness (QED) is 0.123. The summed E-state index contributed by atoms with van der Waals surface area (Å²) in [6.07, 6.45) is 0. The normalized spacial score (nSPS) is 18.3. The number of fused-ring (bicyclic) bond motifs is 4. The summed E-state index contributed by atoms with van der Waals surface area (Å²) in [6, 6.07) is 46.2. The molecule has 1 aliphatic rings. The minimum Gasteiger partial charge on any atom is -0.395 e. The second kappa shape index (κ2) is 9.47. The molecule has 1 aliphatic heterocycles. The van der Waals surface area contributed by atoms with Crippen LogP contribution in [0, 0.1) is 6.92 Å². The molecule has 1 saturated heterocycles. The first-order valence-electron chi connectivity index (χ1n) is 15.0. The Hall–Kier alpha value is -4.57. The van der Waals surface area contributed by atoms with Gasteiger partial charge < -0.3 is 9.31 Å². The topological polar surface area (TPSA) is 18.5 Å². The molecule has 0 saturated carbocycles. The van der Waals surface area contributed by atoms with E-state index in [2.05, 4.69) is 134 Å². The number of hydrogen-bond acceptors (Lipinski definition) is 2. The minimum absolute atomic E-state index is 0.498. The second-order valence-electron chi connectivity index (χ2n) is 12.5. The van der Waals surface area contributed by atoms with E-state index in [1.807, 2.05) is 20.8 Å². The Balaban J connectivity index is 1.46. The summed E-state index contributed by atoms with van der Waals surface area (Å²) >= 11 is 0. The van der Waals surface area contributed by atoms with Crippen molar-refractivity contribution in [2.45, 2.75) is 32.0 Å². The Morgan fingerprint density at radius 1 is 0.488 bits per heavy atom. The molecular formula is C40H32BO2+. The van der Waals surface area contributed by atoms with Crippen LogP contribution in [0.4, 0.5) is 0 Å². The molecule has 8 rings (SSSR count). The minimum atomic E-state index is -0.659. The van der Waals surface area contributed by atoms with Crippen molar-refractivity contribution in [2.75, 3.05) is 0 Å². The lowest BCUT2D eigenvalue weighted by molar-refractivity contribution is 0.0262. The van der Waals surface area contributed by atoms with Crippen molar-refractivity contribution in [3.63, 3.8) is 0 Å². The van der Waals surface area contributed by atoms with E-state index in [1.165, 1.54) is 65.3 Å². The Morgan fingerprint density at radius 3 is 1.51 bits per heavy atom. The van der Waals surface area contributed by atoms with Gasteiger partial charge in [-0.25, -0.2) is 0 Å². The van der Waals surface area contributed by atoms with Crippen LogP contribution in [-0.4, -0.2) is 18.3 Å². The summed E-state index contributed by atoms with van der Waals surface area (Å²) in [4.78, 5) is 0. The van der Waals surface area contributed by atoms with Gasteiger partial charge in [0.2, 0.25) is 5.60 Å². The van der Waals surface area contributed by atoms with Crippen LogP contribution in [0.5, 0.6) is 0 Å². The van der Waals surface area contributed by atoms with Crippen molar-refractivity contribution < 1.29 is 9.31 Å². The molecule has 0 aromatic heterocycles. The summed E-state index contributed by atoms with van der Waals surface area (Å²) in [5.74, 6) is 0. The van der Waals surface area contributed by atoms with Crippen LogP contribution in [0.15, 0.2) is 127 Å². The van der Waals surface area contributed by atoms with E-state index >= 15 is 0 Å². The summed E-state index contributed by atoms with van der Waals surface area (Å²) in [5.41, 5.74) is 4.67. The average Bonchev–Trinajstić information content (AvgIpc) is 3.25. The Morgan fingerprint density at radius 2 is 0.977 bits per heavy atom. The molecule has 2 nitrogen and oxygen atoms in total. The molecular weight excluding hydrogens is 523 g/mol. The summed E-state index contributed by atoms with van der Waals surface area (Å²) in [5, 5.41) is 9.78. The molecule has 0 amide bonds. The van der Waals surface area contributed by atoms with Crippen LogP contribution >= 0.6 is 0 Å². The van der Waals surface area contributed by atoms with E-state index in [0.717, 1.165) is 5.46 Å². The zero-order valence-electron chi connectivity index (χ0n) is 24.7. The van der Waals surface area contributed by atoms with Crippen LogP contribution in [-0.2, 0) is 9.31 Å². The molecule has 1 atom stereocenters. The lowest BCUT2D eigenvalue weighted by atomic mass is 9.76. The van der Waals surface area contributed by atoms with Gasteiger partial charge in [-0.1, -0.05) is 115 Å². The highest BCUT2D eigenvalue weighted by Crippen LogP contribution is 2.45. The maximum absolute atomic E-state index is 6.47. The second-order valence-corrected chi connectivity index (χ2v) is 12.5. The maximum Gasteiger partial charge on any atom is 0.498 e. The van der Waals surface area contributed by atoms with E-state index in [1.54, 1.807) is 0 Å². The predicted octanol–water partition coefficient (Wildman–Crippen LogP) is 9.75.